The van der Waals surface area contributed by atoms with E-state index in [2.05, 4.69) is 34.3 Å². The first-order chi connectivity index (χ1) is 8.67. The average Bonchev–Trinajstić information content (AvgIpc) is 2.88. The van der Waals surface area contributed by atoms with Gasteiger partial charge in [-0.05, 0) is 39.4 Å². The summed E-state index contributed by atoms with van der Waals surface area (Å²) in [5.41, 5.74) is 0.589. The zero-order valence-corrected chi connectivity index (χ0v) is 11.6. The zero-order valence-electron chi connectivity index (χ0n) is 11.6. The van der Waals surface area contributed by atoms with Gasteiger partial charge in [0, 0.05) is 12.2 Å². The maximum absolute atomic E-state index is 11.7. The van der Waals surface area contributed by atoms with Gasteiger partial charge in [0.05, 0.1) is 11.8 Å². The van der Waals surface area contributed by atoms with Gasteiger partial charge in [-0.3, -0.25) is 9.89 Å². The van der Waals surface area contributed by atoms with Crippen LogP contribution in [0, 0.1) is 0 Å². The summed E-state index contributed by atoms with van der Waals surface area (Å²) >= 11 is 0. The number of rotatable bonds is 8. The van der Waals surface area contributed by atoms with E-state index in [9.17, 15) is 4.79 Å². The summed E-state index contributed by atoms with van der Waals surface area (Å²) in [5, 5.41) is 9.38. The Labute approximate surface area is 109 Å². The van der Waals surface area contributed by atoms with Gasteiger partial charge in [-0.2, -0.15) is 5.10 Å². The summed E-state index contributed by atoms with van der Waals surface area (Å²) in [5.74, 6) is -0.0564. The minimum atomic E-state index is -0.0564. The van der Waals surface area contributed by atoms with Crippen LogP contribution in [-0.2, 0) is 0 Å². The van der Waals surface area contributed by atoms with Crippen LogP contribution in [0.2, 0.25) is 0 Å². The molecule has 0 aliphatic rings. The number of amides is 1. The summed E-state index contributed by atoms with van der Waals surface area (Å²) in [6, 6.07) is 0.197. The molecule has 102 valence electrons. The van der Waals surface area contributed by atoms with Gasteiger partial charge in [0.1, 0.15) is 0 Å². The van der Waals surface area contributed by atoms with Crippen LogP contribution in [0.5, 0.6) is 0 Å². The van der Waals surface area contributed by atoms with Crippen LogP contribution < -0.4 is 5.32 Å². The first kappa shape index (κ1) is 14.7. The highest BCUT2D eigenvalue weighted by molar-refractivity contribution is 5.93. The number of hydrogen-bond acceptors (Lipinski definition) is 3. The van der Waals surface area contributed by atoms with E-state index in [4.69, 9.17) is 0 Å². The van der Waals surface area contributed by atoms with Crippen LogP contribution in [0.1, 0.15) is 44.0 Å². The fraction of sp³-hybridized carbons (Fsp3) is 0.692. The Balaban J connectivity index is 2.21. The van der Waals surface area contributed by atoms with E-state index in [-0.39, 0.29) is 11.9 Å². The van der Waals surface area contributed by atoms with Crippen LogP contribution >= 0.6 is 0 Å². The minimum absolute atomic E-state index is 0.0564. The highest BCUT2D eigenvalue weighted by atomic mass is 16.1. The van der Waals surface area contributed by atoms with E-state index in [0.717, 1.165) is 32.5 Å². The Hall–Kier alpha value is -1.36. The van der Waals surface area contributed by atoms with Gasteiger partial charge in [-0.15, -0.1) is 0 Å². The Bertz CT molecular complexity index is 333. The summed E-state index contributed by atoms with van der Waals surface area (Å²) < 4.78 is 0. The molecule has 1 atom stereocenters. The van der Waals surface area contributed by atoms with Crippen molar-refractivity contribution in [3.05, 3.63) is 18.0 Å². The molecule has 1 aromatic heterocycles. The van der Waals surface area contributed by atoms with Gasteiger partial charge in [0.15, 0.2) is 0 Å². The molecule has 1 aromatic rings. The molecule has 0 spiro atoms. The molecule has 1 rings (SSSR count). The van der Waals surface area contributed by atoms with E-state index in [0.29, 0.717) is 5.56 Å². The van der Waals surface area contributed by atoms with E-state index < -0.39 is 0 Å². The van der Waals surface area contributed by atoms with Crippen LogP contribution in [0.25, 0.3) is 0 Å². The van der Waals surface area contributed by atoms with E-state index in [1.807, 2.05) is 6.92 Å². The average molecular weight is 252 g/mol. The summed E-state index contributed by atoms with van der Waals surface area (Å²) in [7, 11) is 0. The van der Waals surface area contributed by atoms with Crippen molar-refractivity contribution in [1.82, 2.24) is 20.4 Å². The fourth-order valence-electron chi connectivity index (χ4n) is 1.92. The zero-order chi connectivity index (χ0) is 13.4. The number of aromatic amines is 1. The van der Waals surface area contributed by atoms with E-state index in [1.165, 1.54) is 6.20 Å². The lowest BCUT2D eigenvalue weighted by Gasteiger charge is -2.19. The second-order valence-corrected chi connectivity index (χ2v) is 4.53. The quantitative estimate of drug-likeness (QED) is 0.739. The van der Waals surface area contributed by atoms with Gasteiger partial charge in [0.2, 0.25) is 0 Å². The predicted molar refractivity (Wildman–Crippen MR) is 72.5 cm³/mol. The third-order valence-electron chi connectivity index (χ3n) is 3.14. The van der Waals surface area contributed by atoms with Crippen LogP contribution in [-0.4, -0.2) is 46.7 Å². The van der Waals surface area contributed by atoms with Crippen molar-refractivity contribution in [1.29, 1.82) is 0 Å². The van der Waals surface area contributed by atoms with Crippen molar-refractivity contribution in [3.8, 4) is 0 Å². The topological polar surface area (TPSA) is 61.0 Å². The van der Waals surface area contributed by atoms with Gasteiger partial charge in [-0.1, -0.05) is 13.8 Å². The Kier molecular flexibility index (Phi) is 6.43. The Morgan fingerprint density at radius 1 is 1.50 bits per heavy atom. The highest BCUT2D eigenvalue weighted by Crippen LogP contribution is 2.01. The van der Waals surface area contributed by atoms with Crippen LogP contribution in [0.3, 0.4) is 0 Å². The smallest absolute Gasteiger partial charge is 0.254 e. The number of hydrogen-bond donors (Lipinski definition) is 2. The van der Waals surface area contributed by atoms with Crippen molar-refractivity contribution in [2.45, 2.75) is 39.7 Å². The summed E-state index contributed by atoms with van der Waals surface area (Å²) in [4.78, 5) is 14.1. The largest absolute Gasteiger partial charge is 0.349 e. The van der Waals surface area contributed by atoms with Gasteiger partial charge >= 0.3 is 0 Å². The summed E-state index contributed by atoms with van der Waals surface area (Å²) in [6.45, 7) is 9.67. The van der Waals surface area contributed by atoms with Crippen LogP contribution in [0.15, 0.2) is 12.4 Å². The molecule has 0 fully saturated rings. The first-order valence-electron chi connectivity index (χ1n) is 6.69. The lowest BCUT2D eigenvalue weighted by Crippen LogP contribution is -2.33. The molecular weight excluding hydrogens is 228 g/mol. The van der Waals surface area contributed by atoms with Gasteiger partial charge < -0.3 is 10.2 Å². The van der Waals surface area contributed by atoms with Crippen molar-refractivity contribution in [2.75, 3.05) is 19.6 Å². The predicted octanol–water partition coefficient (Wildman–Crippen LogP) is 1.65. The second kappa shape index (κ2) is 7.87. The molecule has 0 radical (unpaired) electrons. The molecular formula is C13H24N4O. The monoisotopic (exact) mass is 252 g/mol. The number of carbonyl (C=O) groups is 1. The molecule has 0 bridgehead atoms. The second-order valence-electron chi connectivity index (χ2n) is 4.53. The standard InChI is InChI=1S/C13H24N4O/c1-4-17(5-2)8-6-7-11(3)16-13(18)12-9-14-15-10-12/h9-11H,4-8H2,1-3H3,(H,14,15)(H,16,18). The molecule has 0 aromatic carbocycles. The number of carbonyl (C=O) groups excluding carboxylic acids is 1. The SMILES string of the molecule is CCN(CC)CCCC(C)NC(=O)c1cn[nH]c1. The molecule has 1 heterocycles. The molecule has 18 heavy (non-hydrogen) atoms. The lowest BCUT2D eigenvalue weighted by atomic mass is 10.1. The highest BCUT2D eigenvalue weighted by Gasteiger charge is 2.10. The number of H-pyrrole nitrogens is 1. The normalized spacial score (nSPS) is 12.7. The molecule has 0 aliphatic carbocycles. The number of aromatic nitrogens is 2. The number of nitrogens with one attached hydrogen (secondary N) is 2. The molecule has 2 N–H and O–H groups in total. The third kappa shape index (κ3) is 4.87. The first-order valence-corrected chi connectivity index (χ1v) is 6.69. The molecule has 5 heteroatoms. The Morgan fingerprint density at radius 2 is 2.22 bits per heavy atom. The van der Waals surface area contributed by atoms with Gasteiger partial charge in [0.25, 0.3) is 5.91 Å². The molecule has 0 saturated carbocycles. The molecule has 1 unspecified atom stereocenters. The van der Waals surface area contributed by atoms with Crippen molar-refractivity contribution in [3.63, 3.8) is 0 Å². The molecule has 1 amide bonds. The maximum Gasteiger partial charge on any atom is 0.254 e. The van der Waals surface area contributed by atoms with Gasteiger partial charge in [-0.25, -0.2) is 0 Å². The molecule has 5 nitrogen and oxygen atoms in total. The molecule has 0 saturated heterocycles. The molecule has 0 aliphatic heterocycles. The van der Waals surface area contributed by atoms with E-state index >= 15 is 0 Å². The van der Waals surface area contributed by atoms with E-state index in [1.54, 1.807) is 6.20 Å². The Morgan fingerprint density at radius 3 is 2.78 bits per heavy atom. The third-order valence-corrected chi connectivity index (χ3v) is 3.14. The maximum atomic E-state index is 11.7. The van der Waals surface area contributed by atoms with Crippen molar-refractivity contribution >= 4 is 5.91 Å². The summed E-state index contributed by atoms with van der Waals surface area (Å²) in [6.07, 6.45) is 5.25. The fourth-order valence-corrected chi connectivity index (χ4v) is 1.92. The van der Waals surface area contributed by atoms with Crippen molar-refractivity contribution in [2.24, 2.45) is 0 Å². The van der Waals surface area contributed by atoms with Crippen LogP contribution in [0.4, 0.5) is 0 Å². The lowest BCUT2D eigenvalue weighted by molar-refractivity contribution is 0.0937. The minimum Gasteiger partial charge on any atom is -0.349 e. The van der Waals surface area contributed by atoms with Crippen molar-refractivity contribution < 1.29 is 4.79 Å². The number of nitrogens with zero attached hydrogens (tertiary/aromatic N) is 2.